The number of anilines is 1. The van der Waals surface area contributed by atoms with Gasteiger partial charge < -0.3 is 15.1 Å². The fourth-order valence-corrected chi connectivity index (χ4v) is 6.33. The lowest BCUT2D eigenvalue weighted by atomic mass is 9.94. The number of benzene rings is 1. The molecule has 3 aromatic heterocycles. The number of carbonyl (C=O) groups excluding carboxylic acids is 2. The average Bonchev–Trinajstić information content (AvgIpc) is 3.75. The third-order valence-electron chi connectivity index (χ3n) is 7.39. The van der Waals surface area contributed by atoms with E-state index in [0.29, 0.717) is 43.0 Å². The second kappa shape index (κ2) is 10.5. The lowest BCUT2D eigenvalue weighted by Crippen LogP contribution is -2.35. The van der Waals surface area contributed by atoms with Gasteiger partial charge in [0, 0.05) is 36.1 Å². The number of rotatable bonds is 7. The fraction of sp³-hybridized carbons (Fsp3) is 0.379. The van der Waals surface area contributed by atoms with Crippen LogP contribution in [0.15, 0.2) is 52.3 Å². The number of carbonyl (C=O) groups is 2. The van der Waals surface area contributed by atoms with Crippen LogP contribution in [0.25, 0.3) is 11.6 Å². The number of nitrogens with zero attached hydrogens (tertiary/aromatic N) is 6. The molecule has 2 atom stereocenters. The summed E-state index contributed by atoms with van der Waals surface area (Å²) in [5, 5.41) is 11.4. The van der Waals surface area contributed by atoms with Crippen molar-refractivity contribution >= 4 is 29.0 Å². The van der Waals surface area contributed by atoms with Crippen molar-refractivity contribution in [2.75, 3.05) is 18.0 Å². The van der Waals surface area contributed by atoms with E-state index >= 15 is 0 Å². The zero-order chi connectivity index (χ0) is 27.9. The number of thiazole rings is 1. The van der Waals surface area contributed by atoms with Crippen molar-refractivity contribution in [1.82, 2.24) is 25.1 Å². The molecule has 2 N–H and O–H groups in total. The van der Waals surface area contributed by atoms with Crippen LogP contribution in [0.2, 0.25) is 0 Å². The molecule has 0 aliphatic carbocycles. The second-order valence-corrected chi connectivity index (χ2v) is 11.6. The maximum absolute atomic E-state index is 13.9. The maximum Gasteiger partial charge on any atom is 0.266 e. The highest BCUT2D eigenvalue weighted by molar-refractivity contribution is 7.09. The van der Waals surface area contributed by atoms with E-state index in [0.717, 1.165) is 35.5 Å². The summed E-state index contributed by atoms with van der Waals surface area (Å²) in [5.41, 5.74) is 8.43. The van der Waals surface area contributed by atoms with E-state index in [1.807, 2.05) is 54.5 Å². The first kappa shape index (κ1) is 26.3. The van der Waals surface area contributed by atoms with Gasteiger partial charge in [0.05, 0.1) is 11.6 Å². The van der Waals surface area contributed by atoms with Crippen LogP contribution in [0.3, 0.4) is 0 Å². The van der Waals surface area contributed by atoms with Crippen LogP contribution in [0.4, 0.5) is 5.82 Å². The van der Waals surface area contributed by atoms with Gasteiger partial charge in [0.15, 0.2) is 0 Å². The number of hydrogen-bond donors (Lipinski definition) is 1. The molecule has 10 nitrogen and oxygen atoms in total. The predicted molar refractivity (Wildman–Crippen MR) is 151 cm³/mol. The molecule has 0 saturated carbocycles. The van der Waals surface area contributed by atoms with Gasteiger partial charge in [-0.15, -0.1) is 21.5 Å². The Morgan fingerprint density at radius 1 is 1.15 bits per heavy atom. The SMILES string of the molecule is Cc1csc([C@H]2CCCN2C(=O)c2cc(-c3nnc([C@@](C)(N)Cc4ccccc4)o3)nc(N3CCCC3=O)c2)n1. The summed E-state index contributed by atoms with van der Waals surface area (Å²) in [6.07, 6.45) is 3.44. The summed E-state index contributed by atoms with van der Waals surface area (Å²) in [4.78, 5) is 39.4. The van der Waals surface area contributed by atoms with E-state index in [1.54, 1.807) is 28.4 Å². The monoisotopic (exact) mass is 557 g/mol. The normalized spacial score (nSPS) is 18.9. The quantitative estimate of drug-likeness (QED) is 0.353. The average molecular weight is 558 g/mol. The van der Waals surface area contributed by atoms with Gasteiger partial charge in [-0.3, -0.25) is 14.5 Å². The van der Waals surface area contributed by atoms with Crippen molar-refractivity contribution < 1.29 is 14.0 Å². The van der Waals surface area contributed by atoms with Crippen LogP contribution in [0.1, 0.15) is 71.2 Å². The van der Waals surface area contributed by atoms with Crippen LogP contribution in [-0.4, -0.2) is 50.0 Å². The summed E-state index contributed by atoms with van der Waals surface area (Å²) < 4.78 is 6.06. The van der Waals surface area contributed by atoms with Gasteiger partial charge in [-0.25, -0.2) is 9.97 Å². The molecule has 2 saturated heterocycles. The second-order valence-electron chi connectivity index (χ2n) is 10.7. The Morgan fingerprint density at radius 2 is 1.98 bits per heavy atom. The van der Waals surface area contributed by atoms with E-state index < -0.39 is 5.54 Å². The molecule has 0 spiro atoms. The Morgan fingerprint density at radius 3 is 2.70 bits per heavy atom. The number of nitrogens with two attached hydrogens (primary N) is 1. The topological polar surface area (TPSA) is 131 Å². The van der Waals surface area contributed by atoms with Crippen molar-refractivity contribution in [1.29, 1.82) is 0 Å². The Balaban J connectivity index is 1.35. The predicted octanol–water partition coefficient (Wildman–Crippen LogP) is 4.42. The molecular formula is C29H31N7O3S. The number of hydrogen-bond acceptors (Lipinski definition) is 9. The largest absolute Gasteiger partial charge is 0.417 e. The standard InChI is InChI=1S/C29H31N7O3S/c1-18-17-40-26(31-18)22-10-6-12-35(22)27(38)20-14-21(32-23(15-20)36-13-7-11-24(36)37)25-33-34-28(39-25)29(2,30)16-19-8-4-3-5-9-19/h3-5,8-9,14-15,17,22H,6-7,10-13,16,30H2,1-2H3/t22-,29+/m1/s1. The van der Waals surface area contributed by atoms with Crippen LogP contribution >= 0.6 is 11.3 Å². The number of likely N-dealkylation sites (tertiary alicyclic amines) is 1. The minimum atomic E-state index is -0.914. The summed E-state index contributed by atoms with van der Waals surface area (Å²) in [6, 6.07) is 13.1. The van der Waals surface area contributed by atoms with Gasteiger partial charge in [-0.05, 0) is 57.2 Å². The maximum atomic E-state index is 13.9. The van der Waals surface area contributed by atoms with Crippen LogP contribution in [-0.2, 0) is 16.8 Å². The van der Waals surface area contributed by atoms with Crippen LogP contribution < -0.4 is 10.6 Å². The van der Waals surface area contributed by atoms with Gasteiger partial charge in [-0.2, -0.15) is 0 Å². The third kappa shape index (κ3) is 5.14. The molecule has 2 aliphatic heterocycles. The number of aryl methyl sites for hydroxylation is 1. The molecule has 0 unspecified atom stereocenters. The highest BCUT2D eigenvalue weighted by Gasteiger charge is 2.34. The zero-order valence-corrected chi connectivity index (χ0v) is 23.4. The molecule has 2 fully saturated rings. The molecule has 206 valence electrons. The molecule has 0 bridgehead atoms. The summed E-state index contributed by atoms with van der Waals surface area (Å²) >= 11 is 1.58. The summed E-state index contributed by atoms with van der Waals surface area (Å²) in [7, 11) is 0. The molecular weight excluding hydrogens is 526 g/mol. The Hall–Kier alpha value is -3.96. The Bertz CT molecular complexity index is 1550. The molecule has 0 radical (unpaired) electrons. The first-order valence-electron chi connectivity index (χ1n) is 13.5. The molecule has 40 heavy (non-hydrogen) atoms. The van der Waals surface area contributed by atoms with E-state index in [1.165, 1.54) is 0 Å². The van der Waals surface area contributed by atoms with Crippen LogP contribution in [0, 0.1) is 6.92 Å². The smallest absolute Gasteiger partial charge is 0.266 e. The Kier molecular flexibility index (Phi) is 6.93. The zero-order valence-electron chi connectivity index (χ0n) is 22.5. The number of pyridine rings is 1. The van der Waals surface area contributed by atoms with Gasteiger partial charge in [0.2, 0.25) is 11.8 Å². The van der Waals surface area contributed by atoms with Crippen molar-refractivity contribution in [3.05, 3.63) is 75.6 Å². The summed E-state index contributed by atoms with van der Waals surface area (Å²) in [5.74, 6) is 0.658. The molecule has 4 aromatic rings. The first-order valence-corrected chi connectivity index (χ1v) is 14.4. The first-order chi connectivity index (χ1) is 19.3. The molecule has 2 aliphatic rings. The van der Waals surface area contributed by atoms with Crippen molar-refractivity contribution in [3.8, 4) is 11.6 Å². The molecule has 6 rings (SSSR count). The van der Waals surface area contributed by atoms with E-state index in [-0.39, 0.29) is 29.6 Å². The molecule has 5 heterocycles. The van der Waals surface area contributed by atoms with Gasteiger partial charge in [0.1, 0.15) is 16.5 Å². The highest BCUT2D eigenvalue weighted by Crippen LogP contribution is 2.36. The van der Waals surface area contributed by atoms with Crippen LogP contribution in [0.5, 0.6) is 0 Å². The minimum absolute atomic E-state index is 0.0241. The molecule has 11 heteroatoms. The van der Waals surface area contributed by atoms with Crippen molar-refractivity contribution in [2.24, 2.45) is 5.73 Å². The molecule has 2 amide bonds. The highest BCUT2D eigenvalue weighted by atomic mass is 32.1. The van der Waals surface area contributed by atoms with E-state index in [2.05, 4.69) is 15.2 Å². The van der Waals surface area contributed by atoms with Gasteiger partial charge >= 0.3 is 0 Å². The van der Waals surface area contributed by atoms with Gasteiger partial charge in [-0.1, -0.05) is 30.3 Å². The third-order valence-corrected chi connectivity index (χ3v) is 8.45. The lowest BCUT2D eigenvalue weighted by molar-refractivity contribution is -0.117. The van der Waals surface area contributed by atoms with Crippen molar-refractivity contribution in [3.63, 3.8) is 0 Å². The minimum Gasteiger partial charge on any atom is -0.417 e. The van der Waals surface area contributed by atoms with Gasteiger partial charge in [0.25, 0.3) is 11.8 Å². The van der Waals surface area contributed by atoms with E-state index in [9.17, 15) is 9.59 Å². The fourth-order valence-electron chi connectivity index (χ4n) is 5.39. The Labute approximate surface area is 236 Å². The summed E-state index contributed by atoms with van der Waals surface area (Å²) in [6.45, 7) is 4.97. The van der Waals surface area contributed by atoms with E-state index in [4.69, 9.17) is 15.1 Å². The number of aromatic nitrogens is 4. The lowest BCUT2D eigenvalue weighted by Gasteiger charge is -2.24. The van der Waals surface area contributed by atoms with Crippen molar-refractivity contribution in [2.45, 2.75) is 57.5 Å². The molecule has 1 aromatic carbocycles. The number of amides is 2.